The van der Waals surface area contributed by atoms with Crippen molar-refractivity contribution in [1.29, 1.82) is 0 Å². The number of H-pyrrole nitrogens is 1. The Bertz CT molecular complexity index is 884. The second-order valence-electron chi connectivity index (χ2n) is 5.81. The number of allylic oxidation sites excluding steroid dienone is 2. The Hall–Kier alpha value is -1.86. The molecule has 4 rings (SSSR count). The van der Waals surface area contributed by atoms with Crippen molar-refractivity contribution in [2.45, 2.75) is 37.3 Å². The third kappa shape index (κ3) is 2.52. The lowest BCUT2D eigenvalue weighted by molar-refractivity contribution is -0.116. The minimum atomic E-state index is -0.305. The van der Waals surface area contributed by atoms with Gasteiger partial charge >= 0.3 is 0 Å². The zero-order valence-electron chi connectivity index (χ0n) is 13.2. The third-order valence-corrected chi connectivity index (χ3v) is 6.04. The fraction of sp³-hybridized carbons (Fsp3) is 0.353. The number of ketones is 1. The molecule has 24 heavy (non-hydrogen) atoms. The number of thiophene rings is 1. The highest BCUT2D eigenvalue weighted by Crippen LogP contribution is 2.44. The van der Waals surface area contributed by atoms with Gasteiger partial charge in [-0.3, -0.25) is 9.59 Å². The molecule has 0 saturated heterocycles. The molecule has 2 aromatic heterocycles. The Morgan fingerprint density at radius 1 is 1.38 bits per heavy atom. The van der Waals surface area contributed by atoms with Crippen LogP contribution in [0.3, 0.4) is 0 Å². The minimum absolute atomic E-state index is 0.138. The fourth-order valence-electron chi connectivity index (χ4n) is 3.39. The number of aromatic nitrogens is 2. The SMILES string of the molecule is CCSc1nc2c(c(=O)[nH]1)[C@H](c1cccs1)C1=C(CCCC1=O)N2. The normalized spacial score (nSPS) is 19.7. The van der Waals surface area contributed by atoms with Gasteiger partial charge in [-0.2, -0.15) is 0 Å². The molecule has 2 N–H and O–H groups in total. The molecule has 1 atom stereocenters. The van der Waals surface area contributed by atoms with E-state index in [-0.39, 0.29) is 17.3 Å². The van der Waals surface area contributed by atoms with Crippen molar-refractivity contribution in [3.63, 3.8) is 0 Å². The van der Waals surface area contributed by atoms with Gasteiger partial charge in [-0.15, -0.1) is 11.3 Å². The standard InChI is InChI=1S/C17H17N3O2S2/c1-2-23-17-19-15-14(16(22)20-17)13(11-7-4-8-24-11)12-9(18-15)5-3-6-10(12)21/h4,7-8,13H,2-3,5-6H2,1H3,(H2,18,19,20,22)/t13-/m1/s1. The van der Waals surface area contributed by atoms with Crippen molar-refractivity contribution in [2.24, 2.45) is 0 Å². The largest absolute Gasteiger partial charge is 0.343 e. The topological polar surface area (TPSA) is 74.8 Å². The average molecular weight is 359 g/mol. The maximum absolute atomic E-state index is 12.8. The summed E-state index contributed by atoms with van der Waals surface area (Å²) in [5.41, 5.74) is 2.08. The number of aromatic amines is 1. The molecule has 0 unspecified atom stereocenters. The van der Waals surface area contributed by atoms with Gasteiger partial charge in [0.05, 0.1) is 11.5 Å². The smallest absolute Gasteiger partial charge is 0.257 e. The number of nitrogens with one attached hydrogen (secondary N) is 2. The van der Waals surface area contributed by atoms with Crippen LogP contribution in [0.15, 0.2) is 38.7 Å². The monoisotopic (exact) mass is 359 g/mol. The van der Waals surface area contributed by atoms with E-state index in [0.29, 0.717) is 23.0 Å². The van der Waals surface area contributed by atoms with Crippen molar-refractivity contribution in [2.75, 3.05) is 11.1 Å². The van der Waals surface area contributed by atoms with E-state index in [1.165, 1.54) is 11.8 Å². The van der Waals surface area contributed by atoms with Crippen molar-refractivity contribution in [3.8, 4) is 0 Å². The molecule has 0 radical (unpaired) electrons. The van der Waals surface area contributed by atoms with Crippen LogP contribution in [0.5, 0.6) is 0 Å². The Kier molecular flexibility index (Phi) is 4.05. The summed E-state index contributed by atoms with van der Waals surface area (Å²) in [5.74, 6) is 1.27. The van der Waals surface area contributed by atoms with Gasteiger partial charge in [0.2, 0.25) is 0 Å². The number of hydrogen-bond acceptors (Lipinski definition) is 6. The molecule has 0 bridgehead atoms. The highest BCUT2D eigenvalue weighted by molar-refractivity contribution is 7.99. The van der Waals surface area contributed by atoms with E-state index in [0.717, 1.165) is 34.7 Å². The first-order valence-corrected chi connectivity index (χ1v) is 9.89. The molecule has 0 saturated carbocycles. The Morgan fingerprint density at radius 3 is 3.00 bits per heavy atom. The zero-order chi connectivity index (χ0) is 16.7. The van der Waals surface area contributed by atoms with E-state index in [4.69, 9.17) is 0 Å². The van der Waals surface area contributed by atoms with E-state index in [2.05, 4.69) is 15.3 Å². The molecular weight excluding hydrogens is 342 g/mol. The highest BCUT2D eigenvalue weighted by Gasteiger charge is 2.38. The Morgan fingerprint density at radius 2 is 2.25 bits per heavy atom. The maximum atomic E-state index is 12.8. The van der Waals surface area contributed by atoms with Crippen LogP contribution in [0.2, 0.25) is 0 Å². The molecule has 0 spiro atoms. The lowest BCUT2D eigenvalue weighted by Crippen LogP contribution is -2.32. The average Bonchev–Trinajstić information content (AvgIpc) is 3.07. The number of hydrogen-bond donors (Lipinski definition) is 2. The number of carbonyl (C=O) groups is 1. The molecule has 2 aromatic rings. The second kappa shape index (κ2) is 6.22. The number of rotatable bonds is 3. The summed E-state index contributed by atoms with van der Waals surface area (Å²) in [6.07, 6.45) is 2.22. The van der Waals surface area contributed by atoms with Gasteiger partial charge < -0.3 is 10.3 Å². The number of carbonyl (C=O) groups excluding carboxylic acids is 1. The van der Waals surface area contributed by atoms with Crippen LogP contribution < -0.4 is 10.9 Å². The lowest BCUT2D eigenvalue weighted by atomic mass is 9.79. The molecule has 1 aliphatic heterocycles. The summed E-state index contributed by atoms with van der Waals surface area (Å²) in [7, 11) is 0. The summed E-state index contributed by atoms with van der Waals surface area (Å²) in [4.78, 5) is 33.8. The molecule has 2 aliphatic rings. The number of anilines is 1. The Labute approximate surface area is 147 Å². The Balaban J connectivity index is 1.94. The summed E-state index contributed by atoms with van der Waals surface area (Å²) < 4.78 is 0. The van der Waals surface area contributed by atoms with Gasteiger partial charge in [0.1, 0.15) is 5.82 Å². The predicted molar refractivity (Wildman–Crippen MR) is 96.9 cm³/mol. The molecule has 0 aromatic carbocycles. The summed E-state index contributed by atoms with van der Waals surface area (Å²) in [6.45, 7) is 2.02. The van der Waals surface area contributed by atoms with Gasteiger partial charge in [0.15, 0.2) is 10.9 Å². The van der Waals surface area contributed by atoms with Crippen molar-refractivity contribution in [1.82, 2.24) is 9.97 Å². The van der Waals surface area contributed by atoms with E-state index < -0.39 is 0 Å². The summed E-state index contributed by atoms with van der Waals surface area (Å²) in [6, 6.07) is 3.95. The molecule has 1 aliphatic carbocycles. The van der Waals surface area contributed by atoms with Gasteiger partial charge in [-0.05, 0) is 30.0 Å². The first-order valence-electron chi connectivity index (χ1n) is 8.02. The lowest BCUT2D eigenvalue weighted by Gasteiger charge is -2.32. The van der Waals surface area contributed by atoms with Crippen LogP contribution in [0.25, 0.3) is 0 Å². The van der Waals surface area contributed by atoms with Crippen LogP contribution in [-0.4, -0.2) is 21.5 Å². The quantitative estimate of drug-likeness (QED) is 0.648. The van der Waals surface area contributed by atoms with Crippen LogP contribution in [0.1, 0.15) is 42.5 Å². The minimum Gasteiger partial charge on any atom is -0.343 e. The van der Waals surface area contributed by atoms with Crippen LogP contribution in [-0.2, 0) is 4.79 Å². The number of fused-ring (bicyclic) bond motifs is 1. The fourth-order valence-corrected chi connectivity index (χ4v) is 4.82. The molecule has 5 nitrogen and oxygen atoms in total. The second-order valence-corrected chi connectivity index (χ2v) is 8.04. The number of nitrogens with zero attached hydrogens (tertiary/aromatic N) is 1. The number of Topliss-reactive ketones (excluding diaryl/α,β-unsaturated/α-hetero) is 1. The van der Waals surface area contributed by atoms with Crippen LogP contribution >= 0.6 is 23.1 Å². The van der Waals surface area contributed by atoms with Crippen molar-refractivity contribution < 1.29 is 4.79 Å². The highest BCUT2D eigenvalue weighted by atomic mass is 32.2. The first kappa shape index (κ1) is 15.7. The van der Waals surface area contributed by atoms with Gasteiger partial charge in [-0.25, -0.2) is 4.98 Å². The summed E-state index contributed by atoms with van der Waals surface area (Å²) >= 11 is 3.08. The van der Waals surface area contributed by atoms with Crippen LogP contribution in [0.4, 0.5) is 5.82 Å². The molecular formula is C17H17N3O2S2. The van der Waals surface area contributed by atoms with E-state index in [1.807, 2.05) is 24.4 Å². The van der Waals surface area contributed by atoms with Gasteiger partial charge in [0, 0.05) is 22.6 Å². The summed E-state index contributed by atoms with van der Waals surface area (Å²) in [5, 5.41) is 5.88. The predicted octanol–water partition coefficient (Wildman–Crippen LogP) is 3.51. The molecule has 7 heteroatoms. The van der Waals surface area contributed by atoms with Crippen molar-refractivity contribution >= 4 is 34.7 Å². The van der Waals surface area contributed by atoms with E-state index >= 15 is 0 Å². The number of thioether (sulfide) groups is 1. The molecule has 124 valence electrons. The van der Waals surface area contributed by atoms with Gasteiger partial charge in [0.25, 0.3) is 5.56 Å². The molecule has 0 amide bonds. The van der Waals surface area contributed by atoms with Crippen LogP contribution in [0, 0.1) is 0 Å². The van der Waals surface area contributed by atoms with E-state index in [9.17, 15) is 9.59 Å². The molecule has 0 fully saturated rings. The third-order valence-electron chi connectivity index (χ3n) is 4.35. The zero-order valence-corrected chi connectivity index (χ0v) is 14.9. The first-order chi connectivity index (χ1) is 11.7. The van der Waals surface area contributed by atoms with E-state index in [1.54, 1.807) is 11.3 Å². The van der Waals surface area contributed by atoms with Crippen molar-refractivity contribution in [3.05, 3.63) is 49.6 Å². The molecule has 3 heterocycles. The maximum Gasteiger partial charge on any atom is 0.257 e. The van der Waals surface area contributed by atoms with Gasteiger partial charge in [-0.1, -0.05) is 24.8 Å².